The number of hydrogen-bond acceptors (Lipinski definition) is 2. The SMILES string of the molecule is CC(C)CNC(=O)CCNC1C(C)CCCC1C. The maximum atomic E-state index is 11.6. The van der Waals surface area contributed by atoms with Crippen molar-refractivity contribution in [1.29, 1.82) is 0 Å². The van der Waals surface area contributed by atoms with Crippen molar-refractivity contribution in [3.05, 3.63) is 0 Å². The molecule has 2 unspecified atom stereocenters. The summed E-state index contributed by atoms with van der Waals surface area (Å²) in [6.45, 7) is 10.5. The topological polar surface area (TPSA) is 41.1 Å². The Balaban J connectivity index is 2.18. The molecule has 3 nitrogen and oxygen atoms in total. The molecule has 2 N–H and O–H groups in total. The molecule has 0 aliphatic heterocycles. The van der Waals surface area contributed by atoms with Crippen molar-refractivity contribution in [3.8, 4) is 0 Å². The molecule has 0 aromatic carbocycles. The summed E-state index contributed by atoms with van der Waals surface area (Å²) in [5.74, 6) is 2.19. The molecule has 1 aliphatic rings. The van der Waals surface area contributed by atoms with Gasteiger partial charge in [0.1, 0.15) is 0 Å². The van der Waals surface area contributed by atoms with Gasteiger partial charge in [-0.25, -0.2) is 0 Å². The molecule has 0 aromatic heterocycles. The molecule has 0 saturated heterocycles. The Morgan fingerprint density at radius 2 is 1.83 bits per heavy atom. The monoisotopic (exact) mass is 254 g/mol. The van der Waals surface area contributed by atoms with E-state index >= 15 is 0 Å². The highest BCUT2D eigenvalue weighted by Gasteiger charge is 2.26. The van der Waals surface area contributed by atoms with Gasteiger partial charge < -0.3 is 10.6 Å². The fourth-order valence-electron chi connectivity index (χ4n) is 2.84. The Bertz CT molecular complexity index is 243. The van der Waals surface area contributed by atoms with Gasteiger partial charge in [0.15, 0.2) is 0 Å². The van der Waals surface area contributed by atoms with Crippen LogP contribution >= 0.6 is 0 Å². The van der Waals surface area contributed by atoms with Crippen LogP contribution in [0.2, 0.25) is 0 Å². The van der Waals surface area contributed by atoms with Gasteiger partial charge in [-0.2, -0.15) is 0 Å². The normalized spacial score (nSPS) is 28.4. The van der Waals surface area contributed by atoms with E-state index in [-0.39, 0.29) is 5.91 Å². The zero-order valence-electron chi connectivity index (χ0n) is 12.5. The van der Waals surface area contributed by atoms with E-state index in [0.717, 1.165) is 24.9 Å². The molecule has 2 atom stereocenters. The van der Waals surface area contributed by atoms with Gasteiger partial charge >= 0.3 is 0 Å². The van der Waals surface area contributed by atoms with Gasteiger partial charge in [-0.1, -0.05) is 34.1 Å². The molecule has 1 aliphatic carbocycles. The van der Waals surface area contributed by atoms with Crippen LogP contribution < -0.4 is 10.6 Å². The lowest BCUT2D eigenvalue weighted by Crippen LogP contribution is -2.44. The second kappa shape index (κ2) is 7.78. The molecule has 0 spiro atoms. The lowest BCUT2D eigenvalue weighted by Gasteiger charge is -2.35. The number of nitrogens with one attached hydrogen (secondary N) is 2. The van der Waals surface area contributed by atoms with E-state index in [1.807, 2.05) is 0 Å². The average Bonchev–Trinajstić information content (AvgIpc) is 2.30. The van der Waals surface area contributed by atoms with Crippen LogP contribution in [0.1, 0.15) is 53.4 Å². The minimum atomic E-state index is 0.173. The Morgan fingerprint density at radius 3 is 2.39 bits per heavy atom. The minimum absolute atomic E-state index is 0.173. The fraction of sp³-hybridized carbons (Fsp3) is 0.933. The zero-order chi connectivity index (χ0) is 13.5. The second-order valence-electron chi connectivity index (χ2n) is 6.31. The quantitative estimate of drug-likeness (QED) is 0.765. The third kappa shape index (κ3) is 5.38. The van der Waals surface area contributed by atoms with Crippen molar-refractivity contribution in [3.63, 3.8) is 0 Å². The second-order valence-corrected chi connectivity index (χ2v) is 6.31. The largest absolute Gasteiger partial charge is 0.356 e. The Morgan fingerprint density at radius 1 is 1.22 bits per heavy atom. The summed E-state index contributed by atoms with van der Waals surface area (Å²) in [6.07, 6.45) is 4.60. The van der Waals surface area contributed by atoms with Gasteiger partial charge in [0.25, 0.3) is 0 Å². The molecule has 18 heavy (non-hydrogen) atoms. The first-order valence-electron chi connectivity index (χ1n) is 7.50. The smallest absolute Gasteiger partial charge is 0.221 e. The first-order chi connectivity index (χ1) is 8.50. The molecule has 1 fully saturated rings. The van der Waals surface area contributed by atoms with Crippen molar-refractivity contribution in [2.24, 2.45) is 17.8 Å². The van der Waals surface area contributed by atoms with Crippen molar-refractivity contribution >= 4 is 5.91 Å². The van der Waals surface area contributed by atoms with Crippen LogP contribution in [0.25, 0.3) is 0 Å². The summed E-state index contributed by atoms with van der Waals surface area (Å²) >= 11 is 0. The van der Waals surface area contributed by atoms with Crippen molar-refractivity contribution in [2.45, 2.75) is 59.4 Å². The molecule has 0 heterocycles. The molecule has 3 heteroatoms. The first-order valence-corrected chi connectivity index (χ1v) is 7.50. The third-order valence-electron chi connectivity index (χ3n) is 3.98. The Hall–Kier alpha value is -0.570. The van der Waals surface area contributed by atoms with Gasteiger partial charge in [-0.3, -0.25) is 4.79 Å². The van der Waals surface area contributed by atoms with E-state index in [4.69, 9.17) is 0 Å². The summed E-state index contributed by atoms with van der Waals surface area (Å²) in [4.78, 5) is 11.6. The molecular weight excluding hydrogens is 224 g/mol. The number of rotatable bonds is 6. The van der Waals surface area contributed by atoms with E-state index in [1.54, 1.807) is 0 Å². The fourth-order valence-corrected chi connectivity index (χ4v) is 2.84. The van der Waals surface area contributed by atoms with Gasteiger partial charge in [0, 0.05) is 25.6 Å². The standard InChI is InChI=1S/C15H30N2O/c1-11(2)10-17-14(18)8-9-16-15-12(3)6-5-7-13(15)4/h11-13,15-16H,5-10H2,1-4H3,(H,17,18). The molecule has 1 rings (SSSR count). The van der Waals surface area contributed by atoms with Crippen molar-refractivity contribution < 1.29 is 4.79 Å². The number of amides is 1. The van der Waals surface area contributed by atoms with Crippen molar-refractivity contribution in [2.75, 3.05) is 13.1 Å². The first kappa shape index (κ1) is 15.5. The minimum Gasteiger partial charge on any atom is -0.356 e. The Labute approximate surface area is 112 Å². The predicted molar refractivity (Wildman–Crippen MR) is 76.4 cm³/mol. The maximum absolute atomic E-state index is 11.6. The van der Waals surface area contributed by atoms with E-state index in [1.165, 1.54) is 19.3 Å². The molecule has 0 radical (unpaired) electrons. The van der Waals surface area contributed by atoms with Crippen LogP contribution in [0.5, 0.6) is 0 Å². The summed E-state index contributed by atoms with van der Waals surface area (Å²) in [7, 11) is 0. The lowest BCUT2D eigenvalue weighted by molar-refractivity contribution is -0.121. The van der Waals surface area contributed by atoms with Crippen LogP contribution in [0.3, 0.4) is 0 Å². The van der Waals surface area contributed by atoms with Gasteiger partial charge in [0.2, 0.25) is 5.91 Å². The molecule has 1 saturated carbocycles. The molecule has 106 valence electrons. The third-order valence-corrected chi connectivity index (χ3v) is 3.98. The maximum Gasteiger partial charge on any atom is 0.221 e. The van der Waals surface area contributed by atoms with E-state index in [2.05, 4.69) is 38.3 Å². The zero-order valence-corrected chi connectivity index (χ0v) is 12.5. The van der Waals surface area contributed by atoms with E-state index in [9.17, 15) is 4.79 Å². The highest BCUT2D eigenvalue weighted by molar-refractivity contribution is 5.76. The molecule has 1 amide bonds. The number of carbonyl (C=O) groups excluding carboxylic acids is 1. The summed E-state index contributed by atoms with van der Waals surface area (Å²) in [5.41, 5.74) is 0. The molecular formula is C15H30N2O. The summed E-state index contributed by atoms with van der Waals surface area (Å²) in [5, 5.41) is 6.54. The van der Waals surface area contributed by atoms with E-state index in [0.29, 0.717) is 18.4 Å². The molecule has 0 bridgehead atoms. The Kier molecular flexibility index (Phi) is 6.69. The van der Waals surface area contributed by atoms with Crippen LogP contribution in [0.15, 0.2) is 0 Å². The van der Waals surface area contributed by atoms with Gasteiger partial charge in [-0.05, 0) is 30.6 Å². The van der Waals surface area contributed by atoms with Crippen molar-refractivity contribution in [1.82, 2.24) is 10.6 Å². The van der Waals surface area contributed by atoms with E-state index < -0.39 is 0 Å². The summed E-state index contributed by atoms with van der Waals surface area (Å²) < 4.78 is 0. The van der Waals surface area contributed by atoms with Crippen LogP contribution in [0.4, 0.5) is 0 Å². The van der Waals surface area contributed by atoms with Gasteiger partial charge in [0.05, 0.1) is 0 Å². The average molecular weight is 254 g/mol. The number of hydrogen-bond donors (Lipinski definition) is 2. The summed E-state index contributed by atoms with van der Waals surface area (Å²) in [6, 6.07) is 0.594. The molecule has 0 aromatic rings. The van der Waals surface area contributed by atoms with Crippen LogP contribution in [0, 0.1) is 17.8 Å². The highest BCUT2D eigenvalue weighted by Crippen LogP contribution is 2.28. The lowest BCUT2D eigenvalue weighted by atomic mass is 9.79. The predicted octanol–water partition coefficient (Wildman–Crippen LogP) is 2.56. The number of carbonyl (C=O) groups is 1. The highest BCUT2D eigenvalue weighted by atomic mass is 16.1. The van der Waals surface area contributed by atoms with Gasteiger partial charge in [-0.15, -0.1) is 0 Å². The van der Waals surface area contributed by atoms with Crippen LogP contribution in [-0.4, -0.2) is 25.0 Å². The van der Waals surface area contributed by atoms with Crippen LogP contribution in [-0.2, 0) is 4.79 Å².